The van der Waals surface area contributed by atoms with Crippen molar-refractivity contribution in [2.75, 3.05) is 20.6 Å². The summed E-state index contributed by atoms with van der Waals surface area (Å²) in [6.45, 7) is 0.681. The van der Waals surface area contributed by atoms with E-state index < -0.39 is 22.2 Å². The van der Waals surface area contributed by atoms with E-state index in [1.807, 2.05) is 25.1 Å². The van der Waals surface area contributed by atoms with Crippen LogP contribution in [0.5, 0.6) is 0 Å². The average Bonchev–Trinajstić information content (AvgIpc) is 3.09. The van der Waals surface area contributed by atoms with Crippen molar-refractivity contribution in [2.45, 2.75) is 49.0 Å². The van der Waals surface area contributed by atoms with Gasteiger partial charge in [-0.25, -0.2) is 13.1 Å². The molecular formula is C19H27N3O5S. The first-order valence-corrected chi connectivity index (χ1v) is 10.8. The second-order valence-electron chi connectivity index (χ2n) is 7.33. The highest BCUT2D eigenvalue weighted by molar-refractivity contribution is 7.89. The topological polar surface area (TPSA) is 105 Å². The molecule has 1 aromatic carbocycles. The molecule has 2 aromatic rings. The van der Waals surface area contributed by atoms with Crippen LogP contribution in [0.4, 0.5) is 0 Å². The molecule has 2 heterocycles. The summed E-state index contributed by atoms with van der Waals surface area (Å²) in [5.41, 5.74) is 0.793. The van der Waals surface area contributed by atoms with Crippen molar-refractivity contribution in [1.29, 1.82) is 0 Å². The van der Waals surface area contributed by atoms with Crippen molar-refractivity contribution in [3.05, 3.63) is 47.9 Å². The quantitative estimate of drug-likeness (QED) is 0.674. The van der Waals surface area contributed by atoms with E-state index in [1.54, 1.807) is 18.2 Å². The number of nitrogens with one attached hydrogen (secondary N) is 1. The number of aliphatic hydroxyl groups is 1. The average molecular weight is 410 g/mol. The summed E-state index contributed by atoms with van der Waals surface area (Å²) in [6, 6.07) is 10.0. The van der Waals surface area contributed by atoms with Crippen molar-refractivity contribution in [2.24, 2.45) is 0 Å². The summed E-state index contributed by atoms with van der Waals surface area (Å²) in [5.74, 6) is 0.781. The lowest BCUT2D eigenvalue weighted by Gasteiger charge is -2.33. The van der Waals surface area contributed by atoms with Gasteiger partial charge in [-0.3, -0.25) is 0 Å². The van der Waals surface area contributed by atoms with Crippen molar-refractivity contribution >= 4 is 10.0 Å². The second kappa shape index (κ2) is 9.15. The van der Waals surface area contributed by atoms with Gasteiger partial charge in [0.2, 0.25) is 10.0 Å². The second-order valence-corrected chi connectivity index (χ2v) is 9.10. The molecule has 154 valence electrons. The van der Waals surface area contributed by atoms with Crippen LogP contribution >= 0.6 is 0 Å². The van der Waals surface area contributed by atoms with Crippen LogP contribution in [0.25, 0.3) is 0 Å². The monoisotopic (exact) mass is 409 g/mol. The Kier molecular flexibility index (Phi) is 6.84. The fourth-order valence-corrected chi connectivity index (χ4v) is 4.29. The molecule has 8 nitrogen and oxygen atoms in total. The molecule has 1 fully saturated rings. The van der Waals surface area contributed by atoms with Gasteiger partial charge in [0.15, 0.2) is 5.76 Å². The van der Waals surface area contributed by atoms with Crippen LogP contribution in [0.1, 0.15) is 24.3 Å². The van der Waals surface area contributed by atoms with E-state index in [1.165, 1.54) is 12.1 Å². The first-order chi connectivity index (χ1) is 13.3. The van der Waals surface area contributed by atoms with E-state index in [-0.39, 0.29) is 17.5 Å². The fourth-order valence-electron chi connectivity index (χ4n) is 3.23. The van der Waals surface area contributed by atoms with Crippen molar-refractivity contribution in [3.8, 4) is 0 Å². The maximum atomic E-state index is 12.4. The Morgan fingerprint density at radius 2 is 2.00 bits per heavy atom. The number of rotatable bonds is 8. The summed E-state index contributed by atoms with van der Waals surface area (Å²) >= 11 is 0. The van der Waals surface area contributed by atoms with E-state index in [9.17, 15) is 13.5 Å². The third-order valence-corrected chi connectivity index (χ3v) is 6.06. The number of nitrogens with zero attached hydrogens (tertiary/aromatic N) is 2. The molecule has 2 N–H and O–H groups in total. The number of ether oxygens (including phenoxy) is 1. The molecular weight excluding hydrogens is 382 g/mol. The van der Waals surface area contributed by atoms with Crippen LogP contribution in [0, 0.1) is 0 Å². The Bertz CT molecular complexity index is 853. The summed E-state index contributed by atoms with van der Waals surface area (Å²) in [4.78, 5) is 2.18. The molecule has 3 unspecified atom stereocenters. The van der Waals surface area contributed by atoms with Gasteiger partial charge in [-0.1, -0.05) is 23.4 Å². The standard InChI is InChI=1S/C19H27N3O5S/c1-22(2)13-16-11-14(21-27-16)10-15-8-9-18(23)19(26-15)12-20-28(24,25)17-6-4-3-5-7-17/h3-7,11,15,18-20,23H,8-10,12-13H2,1-2H3. The molecule has 28 heavy (non-hydrogen) atoms. The number of hydrogen-bond acceptors (Lipinski definition) is 7. The van der Waals surface area contributed by atoms with Crippen molar-refractivity contribution in [3.63, 3.8) is 0 Å². The highest BCUT2D eigenvalue weighted by Gasteiger charge is 2.31. The number of aliphatic hydroxyl groups excluding tert-OH is 1. The van der Waals surface area contributed by atoms with Gasteiger partial charge in [0.1, 0.15) is 0 Å². The Labute approximate surface area is 165 Å². The van der Waals surface area contributed by atoms with Gasteiger partial charge >= 0.3 is 0 Å². The molecule has 1 aromatic heterocycles. The van der Waals surface area contributed by atoms with E-state index in [2.05, 4.69) is 9.88 Å². The normalized spacial score (nSPS) is 23.2. The van der Waals surface area contributed by atoms with Crippen LogP contribution in [-0.2, 0) is 27.7 Å². The first kappa shape index (κ1) is 20.9. The molecule has 0 radical (unpaired) electrons. The number of aromatic nitrogens is 1. The molecule has 3 atom stereocenters. The highest BCUT2D eigenvalue weighted by atomic mass is 32.2. The molecule has 0 aliphatic carbocycles. The Balaban J connectivity index is 1.56. The molecule has 0 amide bonds. The zero-order valence-corrected chi connectivity index (χ0v) is 16.9. The Hall–Kier alpha value is -1.78. The van der Waals surface area contributed by atoms with Gasteiger partial charge in [0.25, 0.3) is 0 Å². The summed E-state index contributed by atoms with van der Waals surface area (Å²) < 4.78 is 38.5. The summed E-state index contributed by atoms with van der Waals surface area (Å²) in [6.07, 6.45) is 0.323. The minimum absolute atomic E-state index is 0.0135. The number of sulfonamides is 1. The van der Waals surface area contributed by atoms with Crippen LogP contribution < -0.4 is 4.72 Å². The lowest BCUT2D eigenvalue weighted by Crippen LogP contribution is -2.46. The Morgan fingerprint density at radius 3 is 2.71 bits per heavy atom. The minimum atomic E-state index is -3.64. The van der Waals surface area contributed by atoms with Gasteiger partial charge in [-0.2, -0.15) is 0 Å². The zero-order valence-electron chi connectivity index (χ0n) is 16.1. The van der Waals surface area contributed by atoms with E-state index in [4.69, 9.17) is 9.26 Å². The van der Waals surface area contributed by atoms with Crippen LogP contribution in [0.3, 0.4) is 0 Å². The predicted molar refractivity (Wildman–Crippen MR) is 103 cm³/mol. The maximum absolute atomic E-state index is 12.4. The molecule has 1 saturated heterocycles. The number of hydrogen-bond donors (Lipinski definition) is 2. The van der Waals surface area contributed by atoms with E-state index >= 15 is 0 Å². The Morgan fingerprint density at radius 1 is 1.25 bits per heavy atom. The lowest BCUT2D eigenvalue weighted by atomic mass is 9.98. The summed E-state index contributed by atoms with van der Waals surface area (Å²) in [5, 5.41) is 14.3. The fraction of sp³-hybridized carbons (Fsp3) is 0.526. The first-order valence-electron chi connectivity index (χ1n) is 9.31. The molecule has 3 rings (SSSR count). The molecule has 1 aliphatic rings. The molecule has 0 saturated carbocycles. The molecule has 0 spiro atoms. The molecule has 0 bridgehead atoms. The van der Waals surface area contributed by atoms with Gasteiger partial charge in [0, 0.05) is 19.0 Å². The molecule has 9 heteroatoms. The van der Waals surface area contributed by atoms with E-state index in [0.717, 1.165) is 11.5 Å². The molecule has 1 aliphatic heterocycles. The highest BCUT2D eigenvalue weighted by Crippen LogP contribution is 2.23. The minimum Gasteiger partial charge on any atom is -0.390 e. The van der Waals surface area contributed by atoms with Crippen LogP contribution in [-0.4, -0.2) is 62.5 Å². The van der Waals surface area contributed by atoms with Gasteiger partial charge < -0.3 is 19.3 Å². The van der Waals surface area contributed by atoms with Crippen molar-refractivity contribution < 1.29 is 22.8 Å². The third kappa shape index (κ3) is 5.62. The number of benzene rings is 1. The smallest absolute Gasteiger partial charge is 0.240 e. The zero-order chi connectivity index (χ0) is 20.1. The van der Waals surface area contributed by atoms with Crippen LogP contribution in [0.15, 0.2) is 45.8 Å². The van der Waals surface area contributed by atoms with Gasteiger partial charge in [-0.05, 0) is 39.1 Å². The van der Waals surface area contributed by atoms with Crippen LogP contribution in [0.2, 0.25) is 0 Å². The third-order valence-electron chi connectivity index (χ3n) is 4.63. The van der Waals surface area contributed by atoms with Crippen molar-refractivity contribution in [1.82, 2.24) is 14.8 Å². The lowest BCUT2D eigenvalue weighted by molar-refractivity contribution is -0.113. The summed E-state index contributed by atoms with van der Waals surface area (Å²) in [7, 11) is 0.266. The van der Waals surface area contributed by atoms with E-state index in [0.29, 0.717) is 25.8 Å². The van der Waals surface area contributed by atoms with Gasteiger partial charge in [0.05, 0.1) is 35.4 Å². The predicted octanol–water partition coefficient (Wildman–Crippen LogP) is 1.17. The maximum Gasteiger partial charge on any atom is 0.240 e. The SMILES string of the molecule is CN(C)Cc1cc(CC2CCC(O)C(CNS(=O)(=O)c3ccccc3)O2)no1. The van der Waals surface area contributed by atoms with Gasteiger partial charge in [-0.15, -0.1) is 0 Å². The largest absolute Gasteiger partial charge is 0.390 e.